The zero-order chi connectivity index (χ0) is 20.8. The maximum atomic E-state index is 6.25. The zero-order valence-corrected chi connectivity index (χ0v) is 18.2. The van der Waals surface area contributed by atoms with Crippen molar-refractivity contribution >= 4 is 0 Å². The van der Waals surface area contributed by atoms with Crippen LogP contribution in [0.15, 0.2) is 91.0 Å². The smallest absolute Gasteiger partial charge is 0.127 e. The van der Waals surface area contributed by atoms with Crippen LogP contribution in [0.2, 0.25) is 0 Å². The summed E-state index contributed by atoms with van der Waals surface area (Å²) in [5.41, 5.74) is 4.43. The van der Waals surface area contributed by atoms with Crippen molar-refractivity contribution in [1.29, 1.82) is 0 Å². The van der Waals surface area contributed by atoms with E-state index in [0.29, 0.717) is 0 Å². The number of benzene rings is 3. The number of hydrogen-bond acceptors (Lipinski definition) is 1. The van der Waals surface area contributed by atoms with E-state index in [1.165, 1.54) is 42.4 Å². The molecule has 2 fully saturated rings. The fourth-order valence-electron chi connectivity index (χ4n) is 6.90. The number of hydrogen-bond donors (Lipinski definition) is 0. The zero-order valence-electron chi connectivity index (χ0n) is 18.2. The summed E-state index contributed by atoms with van der Waals surface area (Å²) >= 11 is 0. The number of aryl methyl sites for hydroxylation is 1. The van der Waals surface area contributed by atoms with Crippen LogP contribution in [0, 0.1) is 30.6 Å². The molecule has 3 aromatic carbocycles. The normalized spacial score (nSPS) is 30.9. The Labute approximate surface area is 185 Å². The predicted octanol–water partition coefficient (Wildman–Crippen LogP) is 7.70. The van der Waals surface area contributed by atoms with Crippen LogP contribution in [0.4, 0.5) is 0 Å². The average Bonchev–Trinajstić information content (AvgIpc) is 3.38. The van der Waals surface area contributed by atoms with E-state index in [0.717, 1.165) is 35.2 Å². The van der Waals surface area contributed by atoms with E-state index < -0.39 is 0 Å². The van der Waals surface area contributed by atoms with Gasteiger partial charge < -0.3 is 4.74 Å². The Bertz CT molecular complexity index is 1110. The quantitative estimate of drug-likeness (QED) is 0.403. The molecule has 1 heteroatoms. The first-order valence-corrected chi connectivity index (χ1v) is 11.8. The molecule has 156 valence electrons. The Balaban J connectivity index is 1.43. The Morgan fingerprint density at radius 3 is 2.45 bits per heavy atom. The third-order valence-corrected chi connectivity index (χ3v) is 8.19. The van der Waals surface area contributed by atoms with Gasteiger partial charge in [0.05, 0.1) is 0 Å². The van der Waals surface area contributed by atoms with Gasteiger partial charge in [-0.1, -0.05) is 66.7 Å². The second-order valence-electron chi connectivity index (χ2n) is 9.95. The summed E-state index contributed by atoms with van der Waals surface area (Å²) in [6.07, 6.45) is 10.3. The summed E-state index contributed by atoms with van der Waals surface area (Å²) in [4.78, 5) is 0. The van der Waals surface area contributed by atoms with Crippen molar-refractivity contribution in [3.05, 3.63) is 108 Å². The number of para-hydroxylation sites is 1. The van der Waals surface area contributed by atoms with Gasteiger partial charge >= 0.3 is 0 Å². The van der Waals surface area contributed by atoms with E-state index in [1.807, 2.05) is 30.3 Å². The molecule has 1 nitrogen and oxygen atoms in total. The van der Waals surface area contributed by atoms with Crippen molar-refractivity contribution in [2.45, 2.75) is 38.0 Å². The van der Waals surface area contributed by atoms with Crippen LogP contribution in [-0.4, -0.2) is 0 Å². The molecule has 3 aromatic rings. The van der Waals surface area contributed by atoms with Gasteiger partial charge in [0, 0.05) is 5.41 Å². The maximum absolute atomic E-state index is 6.25. The molecule has 0 radical (unpaired) electrons. The number of fused-ring (bicyclic) bond motifs is 4. The van der Waals surface area contributed by atoms with Crippen molar-refractivity contribution in [3.8, 4) is 11.5 Å². The molecule has 0 spiro atoms. The minimum Gasteiger partial charge on any atom is -0.457 e. The molecular weight excluding hydrogens is 376 g/mol. The maximum Gasteiger partial charge on any atom is 0.127 e. The third-order valence-electron chi connectivity index (χ3n) is 8.19. The molecule has 2 bridgehead atoms. The predicted molar refractivity (Wildman–Crippen MR) is 126 cm³/mol. The second kappa shape index (κ2) is 7.41. The van der Waals surface area contributed by atoms with Gasteiger partial charge in [0.1, 0.15) is 11.5 Å². The highest BCUT2D eigenvalue weighted by atomic mass is 16.5. The summed E-state index contributed by atoms with van der Waals surface area (Å²) < 4.78 is 6.25. The van der Waals surface area contributed by atoms with Gasteiger partial charge in [-0.05, 0) is 97.2 Å². The van der Waals surface area contributed by atoms with Gasteiger partial charge in [-0.3, -0.25) is 0 Å². The lowest BCUT2D eigenvalue weighted by Crippen LogP contribution is -2.26. The first-order valence-electron chi connectivity index (χ1n) is 11.8. The molecule has 3 aliphatic carbocycles. The van der Waals surface area contributed by atoms with Crippen molar-refractivity contribution < 1.29 is 4.74 Å². The summed E-state index contributed by atoms with van der Waals surface area (Å²) in [5, 5.41) is 0. The Hall–Kier alpha value is -2.80. The third kappa shape index (κ3) is 3.22. The number of allylic oxidation sites excluding steroid dienone is 2. The Morgan fingerprint density at radius 1 is 0.774 bits per heavy atom. The molecule has 0 amide bonds. The van der Waals surface area contributed by atoms with Crippen LogP contribution in [0.3, 0.4) is 0 Å². The van der Waals surface area contributed by atoms with Crippen LogP contribution in [0.1, 0.15) is 42.4 Å². The van der Waals surface area contributed by atoms with E-state index in [-0.39, 0.29) is 5.41 Å². The standard InChI is InChI=1S/C30H30O/c1-21-8-5-6-13-29(21)30(19-24-17-22-14-15-23(16-22)28(24)20-30)25-9-7-12-27(18-25)31-26-10-3-2-4-11-26/h2-15,18,22-24,28H,16-17,19-20H2,1H3. The van der Waals surface area contributed by atoms with Gasteiger partial charge in [0.25, 0.3) is 0 Å². The summed E-state index contributed by atoms with van der Waals surface area (Å²) in [5.74, 6) is 5.04. The van der Waals surface area contributed by atoms with E-state index >= 15 is 0 Å². The van der Waals surface area contributed by atoms with Crippen LogP contribution in [-0.2, 0) is 5.41 Å². The van der Waals surface area contributed by atoms with Crippen molar-refractivity contribution in [3.63, 3.8) is 0 Å². The monoisotopic (exact) mass is 406 g/mol. The lowest BCUT2D eigenvalue weighted by Gasteiger charge is -2.33. The molecule has 6 rings (SSSR count). The average molecular weight is 407 g/mol. The molecule has 5 unspecified atom stereocenters. The lowest BCUT2D eigenvalue weighted by atomic mass is 9.70. The van der Waals surface area contributed by atoms with E-state index in [9.17, 15) is 0 Å². The number of rotatable bonds is 4. The molecule has 5 atom stereocenters. The summed E-state index contributed by atoms with van der Waals surface area (Å²) in [7, 11) is 0. The van der Waals surface area contributed by atoms with E-state index in [2.05, 4.69) is 67.6 Å². The van der Waals surface area contributed by atoms with E-state index in [1.54, 1.807) is 0 Å². The van der Waals surface area contributed by atoms with Crippen LogP contribution in [0.25, 0.3) is 0 Å². The van der Waals surface area contributed by atoms with Crippen molar-refractivity contribution in [1.82, 2.24) is 0 Å². The molecule has 0 N–H and O–H groups in total. The van der Waals surface area contributed by atoms with Crippen molar-refractivity contribution in [2.24, 2.45) is 23.7 Å². The second-order valence-corrected chi connectivity index (χ2v) is 9.95. The number of ether oxygens (including phenoxy) is 1. The SMILES string of the molecule is Cc1ccccc1C1(c2cccc(Oc3ccccc3)c2)CC2CC3C=CC(C3)C2C1. The first kappa shape index (κ1) is 18.9. The van der Waals surface area contributed by atoms with Gasteiger partial charge in [-0.25, -0.2) is 0 Å². The largest absolute Gasteiger partial charge is 0.457 e. The lowest BCUT2D eigenvalue weighted by molar-refractivity contribution is 0.201. The molecule has 31 heavy (non-hydrogen) atoms. The molecule has 3 aliphatic rings. The fourth-order valence-corrected chi connectivity index (χ4v) is 6.90. The first-order chi connectivity index (χ1) is 15.2. The fraction of sp³-hybridized carbons (Fsp3) is 0.333. The van der Waals surface area contributed by atoms with Crippen LogP contribution >= 0.6 is 0 Å². The van der Waals surface area contributed by atoms with Gasteiger partial charge in [0.15, 0.2) is 0 Å². The highest BCUT2D eigenvalue weighted by Crippen LogP contribution is 2.60. The molecule has 0 saturated heterocycles. The minimum atomic E-state index is 0.0784. The molecule has 0 aliphatic heterocycles. The summed E-state index contributed by atoms with van der Waals surface area (Å²) in [6, 6.07) is 28.1. The van der Waals surface area contributed by atoms with Crippen molar-refractivity contribution in [2.75, 3.05) is 0 Å². The van der Waals surface area contributed by atoms with Gasteiger partial charge in [0.2, 0.25) is 0 Å². The molecular formula is C30H30O. The summed E-state index contributed by atoms with van der Waals surface area (Å²) in [6.45, 7) is 2.29. The minimum absolute atomic E-state index is 0.0784. The van der Waals surface area contributed by atoms with Gasteiger partial charge in [-0.15, -0.1) is 0 Å². The van der Waals surface area contributed by atoms with Crippen LogP contribution < -0.4 is 4.74 Å². The molecule has 0 aromatic heterocycles. The van der Waals surface area contributed by atoms with Crippen LogP contribution in [0.5, 0.6) is 11.5 Å². The highest BCUT2D eigenvalue weighted by molar-refractivity contribution is 5.48. The van der Waals surface area contributed by atoms with Gasteiger partial charge in [-0.2, -0.15) is 0 Å². The highest BCUT2D eigenvalue weighted by Gasteiger charge is 2.52. The van der Waals surface area contributed by atoms with E-state index in [4.69, 9.17) is 4.74 Å². The molecule has 2 saturated carbocycles. The Morgan fingerprint density at radius 2 is 1.58 bits per heavy atom. The molecule has 0 heterocycles. The Kier molecular flexibility index (Phi) is 4.52. The topological polar surface area (TPSA) is 9.23 Å².